The number of benzene rings is 2. The molecule has 0 spiro atoms. The molecule has 20 heavy (non-hydrogen) atoms. The Hall–Kier alpha value is -1.64. The fourth-order valence-corrected chi connectivity index (χ4v) is 3.14. The molecule has 2 heteroatoms. The maximum absolute atomic E-state index is 3.69. The largest absolute Gasteiger partial charge is 0.307 e. The number of nitrogens with one attached hydrogen (secondary N) is 2. The van der Waals surface area contributed by atoms with Gasteiger partial charge in [-0.2, -0.15) is 0 Å². The number of hydrogen-bond donors (Lipinski definition) is 2. The lowest BCUT2D eigenvalue weighted by Gasteiger charge is -2.36. The van der Waals surface area contributed by atoms with E-state index in [1.807, 2.05) is 0 Å². The van der Waals surface area contributed by atoms with E-state index in [1.165, 1.54) is 22.3 Å². The second kappa shape index (κ2) is 5.78. The first-order valence-electron chi connectivity index (χ1n) is 7.35. The number of rotatable bonds is 2. The third-order valence-electron chi connectivity index (χ3n) is 4.23. The summed E-state index contributed by atoms with van der Waals surface area (Å²) in [5.74, 6) is 0. The minimum absolute atomic E-state index is 0.339. The van der Waals surface area contributed by atoms with Crippen molar-refractivity contribution in [3.8, 4) is 0 Å². The van der Waals surface area contributed by atoms with Gasteiger partial charge in [0.15, 0.2) is 0 Å². The molecule has 1 heterocycles. The summed E-state index contributed by atoms with van der Waals surface area (Å²) in [6.07, 6.45) is 0. The van der Waals surface area contributed by atoms with Crippen molar-refractivity contribution in [3.05, 3.63) is 70.8 Å². The zero-order valence-electron chi connectivity index (χ0n) is 12.2. The Labute approximate surface area is 121 Å². The topological polar surface area (TPSA) is 24.1 Å². The van der Waals surface area contributed by atoms with Gasteiger partial charge in [-0.3, -0.25) is 0 Å². The van der Waals surface area contributed by atoms with Gasteiger partial charge in [0.05, 0.1) is 12.1 Å². The molecule has 0 unspecified atom stereocenters. The van der Waals surface area contributed by atoms with Crippen molar-refractivity contribution in [1.29, 1.82) is 0 Å². The van der Waals surface area contributed by atoms with E-state index in [4.69, 9.17) is 0 Å². The van der Waals surface area contributed by atoms with Gasteiger partial charge < -0.3 is 10.6 Å². The normalized spacial score (nSPS) is 22.7. The fourth-order valence-electron chi connectivity index (χ4n) is 3.14. The summed E-state index contributed by atoms with van der Waals surface area (Å²) in [6, 6.07) is 18.0. The predicted octanol–water partition coefficient (Wildman–Crippen LogP) is 3.28. The summed E-state index contributed by atoms with van der Waals surface area (Å²) in [5, 5.41) is 7.38. The molecule has 1 aliphatic heterocycles. The lowest BCUT2D eigenvalue weighted by atomic mass is 9.87. The van der Waals surface area contributed by atoms with Gasteiger partial charge in [0.1, 0.15) is 0 Å². The molecule has 2 atom stereocenters. The van der Waals surface area contributed by atoms with Gasteiger partial charge in [0.2, 0.25) is 0 Å². The molecule has 0 radical (unpaired) electrons. The maximum Gasteiger partial charge on any atom is 0.0521 e. The average molecular weight is 266 g/mol. The lowest BCUT2D eigenvalue weighted by molar-refractivity contribution is 0.331. The van der Waals surface area contributed by atoms with E-state index in [0.29, 0.717) is 12.1 Å². The molecule has 1 saturated heterocycles. The van der Waals surface area contributed by atoms with Crippen LogP contribution in [-0.2, 0) is 0 Å². The Morgan fingerprint density at radius 1 is 0.700 bits per heavy atom. The van der Waals surface area contributed by atoms with Crippen LogP contribution in [0.15, 0.2) is 48.5 Å². The van der Waals surface area contributed by atoms with E-state index < -0.39 is 0 Å². The van der Waals surface area contributed by atoms with Crippen LogP contribution in [-0.4, -0.2) is 13.1 Å². The van der Waals surface area contributed by atoms with Gasteiger partial charge in [-0.25, -0.2) is 0 Å². The quantitative estimate of drug-likeness (QED) is 0.871. The molecular formula is C18H22N2. The number of aryl methyl sites for hydroxylation is 2. The van der Waals surface area contributed by atoms with Crippen molar-refractivity contribution in [2.75, 3.05) is 13.1 Å². The molecule has 0 amide bonds. The summed E-state index contributed by atoms with van der Waals surface area (Å²) in [7, 11) is 0. The molecular weight excluding hydrogens is 244 g/mol. The smallest absolute Gasteiger partial charge is 0.0521 e. The van der Waals surface area contributed by atoms with Crippen LogP contribution < -0.4 is 10.6 Å². The summed E-state index contributed by atoms with van der Waals surface area (Å²) in [6.45, 7) is 6.42. The van der Waals surface area contributed by atoms with Gasteiger partial charge in [0, 0.05) is 13.1 Å². The van der Waals surface area contributed by atoms with E-state index in [9.17, 15) is 0 Å². The zero-order chi connectivity index (χ0) is 13.9. The van der Waals surface area contributed by atoms with E-state index in [0.717, 1.165) is 13.1 Å². The predicted molar refractivity (Wildman–Crippen MR) is 83.8 cm³/mol. The molecule has 0 aromatic heterocycles. The first-order chi connectivity index (χ1) is 9.77. The van der Waals surface area contributed by atoms with E-state index >= 15 is 0 Å². The van der Waals surface area contributed by atoms with Crippen molar-refractivity contribution in [3.63, 3.8) is 0 Å². The standard InChI is InChI=1S/C18H22N2/c1-13-7-3-5-9-15(13)17-18(20-12-11-19-17)16-10-6-4-8-14(16)2/h3-10,17-20H,11-12H2,1-2H3/t17-,18-/m0/s1. The Kier molecular flexibility index (Phi) is 3.86. The molecule has 2 aromatic carbocycles. The van der Waals surface area contributed by atoms with Crippen LogP contribution in [0.3, 0.4) is 0 Å². The van der Waals surface area contributed by atoms with Crippen LogP contribution in [0.5, 0.6) is 0 Å². The first kappa shape index (κ1) is 13.3. The molecule has 1 fully saturated rings. The van der Waals surface area contributed by atoms with Gasteiger partial charge >= 0.3 is 0 Å². The van der Waals surface area contributed by atoms with Crippen LogP contribution in [0.25, 0.3) is 0 Å². The van der Waals surface area contributed by atoms with Crippen molar-refractivity contribution < 1.29 is 0 Å². The van der Waals surface area contributed by atoms with Gasteiger partial charge in [-0.05, 0) is 36.1 Å². The van der Waals surface area contributed by atoms with Crippen LogP contribution in [0, 0.1) is 13.8 Å². The zero-order valence-corrected chi connectivity index (χ0v) is 12.2. The maximum atomic E-state index is 3.69. The molecule has 1 aliphatic rings. The van der Waals surface area contributed by atoms with Gasteiger partial charge in [-0.1, -0.05) is 48.5 Å². The Bertz CT molecular complexity index is 538. The first-order valence-corrected chi connectivity index (χ1v) is 7.35. The number of piperazine rings is 1. The van der Waals surface area contributed by atoms with E-state index in [1.54, 1.807) is 0 Å². The fraction of sp³-hybridized carbons (Fsp3) is 0.333. The highest BCUT2D eigenvalue weighted by atomic mass is 15.1. The molecule has 2 N–H and O–H groups in total. The summed E-state index contributed by atoms with van der Waals surface area (Å²) in [5.41, 5.74) is 5.50. The Balaban J connectivity index is 2.00. The SMILES string of the molecule is Cc1ccccc1[C@@H]1NCCN[C@H]1c1ccccc1C. The minimum Gasteiger partial charge on any atom is -0.307 e. The second-order valence-electron chi connectivity index (χ2n) is 5.58. The third kappa shape index (κ3) is 2.49. The van der Waals surface area contributed by atoms with Gasteiger partial charge in [-0.15, -0.1) is 0 Å². The van der Waals surface area contributed by atoms with E-state index in [2.05, 4.69) is 73.0 Å². The van der Waals surface area contributed by atoms with Crippen LogP contribution in [0.2, 0.25) is 0 Å². The highest BCUT2D eigenvalue weighted by Crippen LogP contribution is 2.33. The molecule has 0 bridgehead atoms. The van der Waals surface area contributed by atoms with Crippen molar-refractivity contribution in [2.24, 2.45) is 0 Å². The second-order valence-corrected chi connectivity index (χ2v) is 5.58. The summed E-state index contributed by atoms with van der Waals surface area (Å²) in [4.78, 5) is 0. The van der Waals surface area contributed by atoms with Crippen LogP contribution >= 0.6 is 0 Å². The highest BCUT2D eigenvalue weighted by Gasteiger charge is 2.28. The monoisotopic (exact) mass is 266 g/mol. The van der Waals surface area contributed by atoms with Crippen LogP contribution in [0.1, 0.15) is 34.3 Å². The third-order valence-corrected chi connectivity index (χ3v) is 4.23. The molecule has 0 saturated carbocycles. The summed E-state index contributed by atoms with van der Waals surface area (Å²) < 4.78 is 0. The highest BCUT2D eigenvalue weighted by molar-refractivity contribution is 5.36. The van der Waals surface area contributed by atoms with Crippen molar-refractivity contribution >= 4 is 0 Å². The molecule has 3 rings (SSSR count). The molecule has 2 aromatic rings. The van der Waals surface area contributed by atoms with Gasteiger partial charge in [0.25, 0.3) is 0 Å². The van der Waals surface area contributed by atoms with Crippen molar-refractivity contribution in [1.82, 2.24) is 10.6 Å². The minimum atomic E-state index is 0.339. The number of hydrogen-bond acceptors (Lipinski definition) is 2. The summed E-state index contributed by atoms with van der Waals surface area (Å²) >= 11 is 0. The molecule has 0 aliphatic carbocycles. The Morgan fingerprint density at radius 2 is 1.10 bits per heavy atom. The van der Waals surface area contributed by atoms with Crippen molar-refractivity contribution in [2.45, 2.75) is 25.9 Å². The van der Waals surface area contributed by atoms with Crippen LogP contribution in [0.4, 0.5) is 0 Å². The molecule has 2 nitrogen and oxygen atoms in total. The Morgan fingerprint density at radius 3 is 1.50 bits per heavy atom. The van der Waals surface area contributed by atoms with E-state index in [-0.39, 0.29) is 0 Å². The lowest BCUT2D eigenvalue weighted by Crippen LogP contribution is -2.45. The average Bonchev–Trinajstić information content (AvgIpc) is 2.48. The molecule has 104 valence electrons.